The molecule has 0 aliphatic carbocycles. The maximum atomic E-state index is 6.02. The molecule has 0 amide bonds. The number of oxime groups is 1. The Morgan fingerprint density at radius 1 is 1.33 bits per heavy atom. The van der Waals surface area contributed by atoms with Gasteiger partial charge in [0.1, 0.15) is 5.71 Å². The van der Waals surface area contributed by atoms with Gasteiger partial charge in [0.2, 0.25) is 0 Å². The number of hydrogen-bond donors (Lipinski definition) is 0. The van der Waals surface area contributed by atoms with Crippen LogP contribution in [0.25, 0.3) is 0 Å². The molecule has 2 heterocycles. The van der Waals surface area contributed by atoms with Crippen molar-refractivity contribution >= 4 is 28.7 Å². The first-order valence-corrected chi connectivity index (χ1v) is 7.92. The van der Waals surface area contributed by atoms with Crippen LogP contribution in [0.2, 0.25) is 0 Å². The van der Waals surface area contributed by atoms with Crippen molar-refractivity contribution in [1.29, 1.82) is 0 Å². The van der Waals surface area contributed by atoms with Crippen molar-refractivity contribution in [3.8, 4) is 0 Å². The number of rotatable bonds is 4. The molecule has 21 heavy (non-hydrogen) atoms. The van der Waals surface area contributed by atoms with Gasteiger partial charge in [0.05, 0.1) is 29.7 Å². The van der Waals surface area contributed by atoms with Crippen LogP contribution in [0.15, 0.2) is 40.6 Å². The minimum absolute atomic E-state index is 0.0504. The van der Waals surface area contributed by atoms with E-state index >= 15 is 0 Å². The molecule has 0 aromatic heterocycles. The number of anilines is 1. The second-order valence-corrected chi connectivity index (χ2v) is 6.25. The molecule has 0 spiro atoms. The van der Waals surface area contributed by atoms with E-state index in [2.05, 4.69) is 36.1 Å². The van der Waals surface area contributed by atoms with Gasteiger partial charge in [-0.15, -0.1) is 11.6 Å². The van der Waals surface area contributed by atoms with Gasteiger partial charge in [-0.3, -0.25) is 5.01 Å². The van der Waals surface area contributed by atoms with Gasteiger partial charge < -0.3 is 4.84 Å². The summed E-state index contributed by atoms with van der Waals surface area (Å²) in [5, 5.41) is 11.1. The fraction of sp³-hybridized carbons (Fsp3) is 0.500. The summed E-state index contributed by atoms with van der Waals surface area (Å²) in [5.41, 5.74) is 3.11. The Kier molecular flexibility index (Phi) is 4.15. The van der Waals surface area contributed by atoms with Gasteiger partial charge in [-0.25, -0.2) is 0 Å². The van der Waals surface area contributed by atoms with Crippen LogP contribution in [-0.4, -0.2) is 30.0 Å². The van der Waals surface area contributed by atoms with Crippen LogP contribution < -0.4 is 5.01 Å². The Bertz CT molecular complexity index is 556. The number of hydrogen-bond acceptors (Lipinski definition) is 4. The highest BCUT2D eigenvalue weighted by molar-refractivity contribution is 6.44. The second kappa shape index (κ2) is 6.06. The predicted octanol–water partition coefficient (Wildman–Crippen LogP) is 3.52. The van der Waals surface area contributed by atoms with E-state index < -0.39 is 0 Å². The fourth-order valence-corrected chi connectivity index (χ4v) is 3.04. The molecule has 2 aliphatic heterocycles. The van der Waals surface area contributed by atoms with Gasteiger partial charge >= 0.3 is 0 Å². The number of alkyl halides is 1. The minimum atomic E-state index is -0.0504. The topological polar surface area (TPSA) is 37.2 Å². The lowest BCUT2D eigenvalue weighted by Gasteiger charge is -2.31. The van der Waals surface area contributed by atoms with Crippen LogP contribution >= 0.6 is 11.6 Å². The molecule has 4 nitrogen and oxygen atoms in total. The number of benzene rings is 1. The lowest BCUT2D eigenvalue weighted by Crippen LogP contribution is -2.43. The minimum Gasteiger partial charge on any atom is -0.390 e. The standard InChI is InChI=1S/C16H20ClN3O/c1-11(2)8-14-16-13(15(9-17)21-19-16)10-20(18-14)12-6-4-3-5-7-12/h3-7,11,13,15H,8-10H2,1-2H3. The molecule has 3 rings (SSSR count). The van der Waals surface area contributed by atoms with Crippen molar-refractivity contribution in [3.05, 3.63) is 30.3 Å². The third kappa shape index (κ3) is 2.91. The maximum Gasteiger partial charge on any atom is 0.151 e. The number of fused-ring (bicyclic) bond motifs is 1. The molecular formula is C16H20ClN3O. The van der Waals surface area contributed by atoms with E-state index in [-0.39, 0.29) is 12.0 Å². The summed E-state index contributed by atoms with van der Waals surface area (Å²) in [7, 11) is 0. The molecule has 0 saturated heterocycles. The summed E-state index contributed by atoms with van der Waals surface area (Å²) in [6.07, 6.45) is 0.849. The molecule has 112 valence electrons. The highest BCUT2D eigenvalue weighted by atomic mass is 35.5. The number of nitrogens with zero attached hydrogens (tertiary/aromatic N) is 3. The Balaban J connectivity index is 1.93. The van der Waals surface area contributed by atoms with Crippen LogP contribution in [0.1, 0.15) is 20.3 Å². The Hall–Kier alpha value is -1.55. The average Bonchev–Trinajstić information content (AvgIpc) is 2.91. The number of para-hydroxylation sites is 1. The maximum absolute atomic E-state index is 6.02. The molecular weight excluding hydrogens is 286 g/mol. The first-order valence-electron chi connectivity index (χ1n) is 7.39. The van der Waals surface area contributed by atoms with Crippen molar-refractivity contribution in [2.45, 2.75) is 26.4 Å². The molecule has 0 radical (unpaired) electrons. The summed E-state index contributed by atoms with van der Waals surface area (Å²) < 4.78 is 0. The summed E-state index contributed by atoms with van der Waals surface area (Å²) in [5.74, 6) is 1.18. The van der Waals surface area contributed by atoms with Gasteiger partial charge in [0.25, 0.3) is 0 Å². The van der Waals surface area contributed by atoms with E-state index in [9.17, 15) is 0 Å². The first-order chi connectivity index (χ1) is 10.2. The van der Waals surface area contributed by atoms with Crippen LogP contribution in [0, 0.1) is 11.8 Å². The van der Waals surface area contributed by atoms with E-state index in [1.807, 2.05) is 18.2 Å². The van der Waals surface area contributed by atoms with Crippen molar-refractivity contribution in [2.24, 2.45) is 22.1 Å². The molecule has 0 saturated carbocycles. The molecule has 1 aromatic carbocycles. The van der Waals surface area contributed by atoms with Gasteiger partial charge in [-0.1, -0.05) is 37.2 Å². The SMILES string of the molecule is CC(C)CC1=NN(c2ccccc2)CC2C1=NOC2CCl. The third-order valence-corrected chi connectivity index (χ3v) is 4.11. The zero-order valence-electron chi connectivity index (χ0n) is 12.4. The fourth-order valence-electron chi connectivity index (χ4n) is 2.77. The van der Waals surface area contributed by atoms with Gasteiger partial charge in [0.15, 0.2) is 6.10 Å². The van der Waals surface area contributed by atoms with E-state index in [1.54, 1.807) is 0 Å². The molecule has 2 atom stereocenters. The monoisotopic (exact) mass is 305 g/mol. The summed E-state index contributed by atoms with van der Waals surface area (Å²) in [6, 6.07) is 10.2. The van der Waals surface area contributed by atoms with Crippen molar-refractivity contribution in [2.75, 3.05) is 17.4 Å². The van der Waals surface area contributed by atoms with Crippen molar-refractivity contribution in [3.63, 3.8) is 0 Å². The summed E-state index contributed by atoms with van der Waals surface area (Å²) in [4.78, 5) is 5.49. The van der Waals surface area contributed by atoms with Crippen LogP contribution in [-0.2, 0) is 4.84 Å². The lowest BCUT2D eigenvalue weighted by molar-refractivity contribution is 0.0799. The highest BCUT2D eigenvalue weighted by Gasteiger charge is 2.40. The van der Waals surface area contributed by atoms with Crippen molar-refractivity contribution in [1.82, 2.24) is 0 Å². The highest BCUT2D eigenvalue weighted by Crippen LogP contribution is 2.30. The predicted molar refractivity (Wildman–Crippen MR) is 87.2 cm³/mol. The number of hydrazone groups is 1. The normalized spacial score (nSPS) is 24.5. The Morgan fingerprint density at radius 2 is 2.10 bits per heavy atom. The smallest absolute Gasteiger partial charge is 0.151 e. The Morgan fingerprint density at radius 3 is 2.76 bits per heavy atom. The third-order valence-electron chi connectivity index (χ3n) is 3.80. The molecule has 5 heteroatoms. The molecule has 2 aliphatic rings. The summed E-state index contributed by atoms with van der Waals surface area (Å²) in [6.45, 7) is 5.14. The zero-order valence-corrected chi connectivity index (χ0v) is 13.1. The molecule has 0 N–H and O–H groups in total. The van der Waals surface area contributed by atoms with E-state index in [1.165, 1.54) is 0 Å². The first kappa shape index (κ1) is 14.4. The lowest BCUT2D eigenvalue weighted by atomic mass is 9.89. The van der Waals surface area contributed by atoms with Gasteiger partial charge in [0, 0.05) is 0 Å². The van der Waals surface area contributed by atoms with Gasteiger partial charge in [-0.05, 0) is 24.5 Å². The van der Waals surface area contributed by atoms with E-state index in [0.29, 0.717) is 11.8 Å². The summed E-state index contributed by atoms with van der Waals surface area (Å²) >= 11 is 6.02. The van der Waals surface area contributed by atoms with Crippen LogP contribution in [0.5, 0.6) is 0 Å². The quantitative estimate of drug-likeness (QED) is 0.798. The Labute approximate surface area is 130 Å². The molecule has 1 aromatic rings. The van der Waals surface area contributed by atoms with Crippen molar-refractivity contribution < 1.29 is 4.84 Å². The zero-order chi connectivity index (χ0) is 14.8. The van der Waals surface area contributed by atoms with E-state index in [4.69, 9.17) is 21.5 Å². The number of halogens is 1. The van der Waals surface area contributed by atoms with Gasteiger partial charge in [-0.2, -0.15) is 5.10 Å². The largest absolute Gasteiger partial charge is 0.390 e. The van der Waals surface area contributed by atoms with Crippen LogP contribution in [0.3, 0.4) is 0 Å². The van der Waals surface area contributed by atoms with Crippen LogP contribution in [0.4, 0.5) is 5.69 Å². The molecule has 2 unspecified atom stereocenters. The molecule has 0 fully saturated rings. The molecule has 0 bridgehead atoms. The van der Waals surface area contributed by atoms with E-state index in [0.717, 1.165) is 30.1 Å². The second-order valence-electron chi connectivity index (χ2n) is 5.94. The average molecular weight is 306 g/mol.